The van der Waals surface area contributed by atoms with E-state index in [1.807, 2.05) is 29.7 Å². The first-order valence-corrected chi connectivity index (χ1v) is 10.1. The first kappa shape index (κ1) is 21.6. The van der Waals surface area contributed by atoms with Gasteiger partial charge < -0.3 is 30.6 Å². The zero-order valence-corrected chi connectivity index (χ0v) is 17.8. The van der Waals surface area contributed by atoms with E-state index in [2.05, 4.69) is 22.2 Å². The third-order valence-electron chi connectivity index (χ3n) is 5.46. The molecule has 4 N–H and O–H groups in total. The number of rotatable bonds is 7. The van der Waals surface area contributed by atoms with Crippen molar-refractivity contribution in [3.63, 3.8) is 0 Å². The predicted molar refractivity (Wildman–Crippen MR) is 119 cm³/mol. The van der Waals surface area contributed by atoms with E-state index in [9.17, 15) is 9.90 Å². The van der Waals surface area contributed by atoms with Crippen molar-refractivity contribution >= 4 is 23.8 Å². The van der Waals surface area contributed by atoms with E-state index < -0.39 is 5.60 Å². The van der Waals surface area contributed by atoms with Crippen molar-refractivity contribution < 1.29 is 9.90 Å². The molecule has 0 saturated heterocycles. The van der Waals surface area contributed by atoms with Gasteiger partial charge in [0.15, 0.2) is 0 Å². The van der Waals surface area contributed by atoms with Crippen molar-refractivity contribution in [2.45, 2.75) is 44.2 Å². The second-order valence-corrected chi connectivity index (χ2v) is 8.22. The van der Waals surface area contributed by atoms with Crippen LogP contribution < -0.4 is 10.6 Å². The Labute approximate surface area is 177 Å². The number of carbonyl (C=O) groups excluding carboxylic acids is 1. The molecular weight excluding hydrogens is 380 g/mol. The molecule has 2 aromatic rings. The smallest absolute Gasteiger partial charge is 0.270 e. The molecule has 30 heavy (non-hydrogen) atoms. The lowest BCUT2D eigenvalue weighted by atomic mass is 9.83. The Morgan fingerprint density at radius 1 is 1.37 bits per heavy atom. The van der Waals surface area contributed by atoms with Gasteiger partial charge in [-0.1, -0.05) is 12.6 Å². The molecule has 8 nitrogen and oxygen atoms in total. The van der Waals surface area contributed by atoms with Crippen molar-refractivity contribution in [1.29, 1.82) is 5.41 Å². The summed E-state index contributed by atoms with van der Waals surface area (Å²) in [6.07, 6.45) is 5.70. The molecule has 1 amide bonds. The van der Waals surface area contributed by atoms with E-state index >= 15 is 0 Å². The summed E-state index contributed by atoms with van der Waals surface area (Å²) >= 11 is 0. The van der Waals surface area contributed by atoms with Crippen molar-refractivity contribution in [3.8, 4) is 0 Å². The second kappa shape index (κ2) is 8.71. The number of anilines is 2. The molecule has 3 rings (SSSR count). The Balaban J connectivity index is 1.96. The van der Waals surface area contributed by atoms with Crippen LogP contribution in [0.25, 0.3) is 0 Å². The Hall–Kier alpha value is -3.13. The molecule has 160 valence electrons. The van der Waals surface area contributed by atoms with Crippen molar-refractivity contribution in [2.75, 3.05) is 24.7 Å². The van der Waals surface area contributed by atoms with E-state index in [1.165, 1.54) is 11.1 Å². The Kier molecular flexibility index (Phi) is 6.26. The Morgan fingerprint density at radius 2 is 2.07 bits per heavy atom. The van der Waals surface area contributed by atoms with Crippen molar-refractivity contribution in [1.82, 2.24) is 14.5 Å². The molecule has 0 bridgehead atoms. The Morgan fingerprint density at radius 3 is 2.63 bits per heavy atom. The lowest BCUT2D eigenvalue weighted by Crippen LogP contribution is -2.33. The van der Waals surface area contributed by atoms with Gasteiger partial charge in [0, 0.05) is 38.1 Å². The minimum Gasteiger partial charge on any atom is -0.390 e. The Bertz CT molecular complexity index is 923. The van der Waals surface area contributed by atoms with Crippen molar-refractivity contribution in [2.24, 2.45) is 0 Å². The summed E-state index contributed by atoms with van der Waals surface area (Å²) in [7, 11) is 3.42. The highest BCUT2D eigenvalue weighted by molar-refractivity contribution is 5.98. The third-order valence-corrected chi connectivity index (χ3v) is 5.46. The molecular formula is C22H30N6O2. The quantitative estimate of drug-likeness (QED) is 0.523. The van der Waals surface area contributed by atoms with E-state index in [4.69, 9.17) is 5.41 Å². The average molecular weight is 411 g/mol. The third kappa shape index (κ3) is 4.71. The van der Waals surface area contributed by atoms with Crippen LogP contribution in [0.1, 0.15) is 54.7 Å². The normalized spacial score (nSPS) is 21.0. The van der Waals surface area contributed by atoms with Crippen LogP contribution in [0.4, 0.5) is 11.6 Å². The second-order valence-electron chi connectivity index (χ2n) is 8.22. The standard InChI is InChI=1S/C22H30N6O2/c1-15(25-19-7-5-6-12-24-19)26-20-16(14-23)13-18(21(29)27(3)4)28(20)17-8-10-22(2,30)11-9-17/h5-7,12-14,17,23,26,30H,1,8-11H2,2-4H3,(H,24,25). The van der Waals surface area contributed by atoms with Gasteiger partial charge in [0.05, 0.1) is 5.60 Å². The van der Waals surface area contributed by atoms with Crippen LogP contribution in [-0.4, -0.2) is 51.4 Å². The fraction of sp³-hybridized carbons (Fsp3) is 0.409. The fourth-order valence-electron chi connectivity index (χ4n) is 3.81. The van der Waals surface area contributed by atoms with Crippen LogP contribution in [0.3, 0.4) is 0 Å². The molecule has 0 unspecified atom stereocenters. The lowest BCUT2D eigenvalue weighted by molar-refractivity contribution is 0.00990. The number of pyridine rings is 1. The highest BCUT2D eigenvalue weighted by Crippen LogP contribution is 2.39. The van der Waals surface area contributed by atoms with E-state index in [1.54, 1.807) is 26.4 Å². The summed E-state index contributed by atoms with van der Waals surface area (Å²) in [6.45, 7) is 5.89. The monoisotopic (exact) mass is 410 g/mol. The molecule has 1 aliphatic rings. The van der Waals surface area contributed by atoms with E-state index in [0.29, 0.717) is 41.6 Å². The number of amides is 1. The van der Waals surface area contributed by atoms with Crippen molar-refractivity contribution in [3.05, 3.63) is 54.1 Å². The molecule has 2 aromatic heterocycles. The van der Waals surface area contributed by atoms with Gasteiger partial charge in [0.2, 0.25) is 0 Å². The van der Waals surface area contributed by atoms with Gasteiger partial charge >= 0.3 is 0 Å². The van der Waals surface area contributed by atoms with Gasteiger partial charge in [-0.05, 0) is 50.8 Å². The maximum atomic E-state index is 12.9. The summed E-state index contributed by atoms with van der Waals surface area (Å²) in [5.74, 6) is 1.63. The number of nitrogens with one attached hydrogen (secondary N) is 3. The first-order chi connectivity index (χ1) is 14.2. The van der Waals surface area contributed by atoms with Gasteiger partial charge in [-0.3, -0.25) is 4.79 Å². The number of hydrogen-bond acceptors (Lipinski definition) is 6. The SMILES string of the molecule is C=C(Nc1ccccn1)Nc1c(C=N)cc(C(=O)N(C)C)n1C1CCC(C)(O)CC1. The minimum atomic E-state index is -0.683. The zero-order chi connectivity index (χ0) is 21.9. The first-order valence-electron chi connectivity index (χ1n) is 10.1. The minimum absolute atomic E-state index is 0.0305. The summed E-state index contributed by atoms with van der Waals surface area (Å²) < 4.78 is 1.96. The molecule has 0 aliphatic heterocycles. The lowest BCUT2D eigenvalue weighted by Gasteiger charge is -2.35. The molecule has 2 heterocycles. The highest BCUT2D eigenvalue weighted by Gasteiger charge is 2.33. The fourth-order valence-corrected chi connectivity index (χ4v) is 3.81. The van der Waals surface area contributed by atoms with Crippen LogP contribution in [0, 0.1) is 5.41 Å². The average Bonchev–Trinajstić information content (AvgIpc) is 3.06. The van der Waals surface area contributed by atoms with E-state index in [0.717, 1.165) is 12.8 Å². The number of aliphatic hydroxyl groups is 1. The van der Waals surface area contributed by atoms with Crippen LogP contribution >= 0.6 is 0 Å². The molecule has 0 aromatic carbocycles. The molecule has 1 saturated carbocycles. The maximum Gasteiger partial charge on any atom is 0.270 e. The van der Waals surface area contributed by atoms with Crippen LogP contribution in [0.15, 0.2) is 42.9 Å². The topological polar surface area (TPSA) is 106 Å². The highest BCUT2D eigenvalue weighted by atomic mass is 16.3. The van der Waals surface area contributed by atoms with E-state index in [-0.39, 0.29) is 11.9 Å². The zero-order valence-electron chi connectivity index (χ0n) is 17.8. The summed E-state index contributed by atoms with van der Waals surface area (Å²) in [4.78, 5) is 18.7. The molecule has 1 aliphatic carbocycles. The largest absolute Gasteiger partial charge is 0.390 e. The van der Waals surface area contributed by atoms with Gasteiger partial charge in [0.1, 0.15) is 23.2 Å². The number of hydrogen-bond donors (Lipinski definition) is 4. The van der Waals surface area contributed by atoms with Gasteiger partial charge in [-0.15, -0.1) is 0 Å². The molecule has 0 spiro atoms. The molecule has 0 radical (unpaired) electrons. The van der Waals surface area contributed by atoms with Gasteiger partial charge in [-0.25, -0.2) is 4.98 Å². The molecule has 8 heteroatoms. The van der Waals surface area contributed by atoms with Gasteiger partial charge in [-0.2, -0.15) is 0 Å². The number of nitrogens with zero attached hydrogens (tertiary/aromatic N) is 3. The maximum absolute atomic E-state index is 12.9. The van der Waals surface area contributed by atoms with Gasteiger partial charge in [0.25, 0.3) is 5.91 Å². The number of aromatic nitrogens is 2. The predicted octanol–water partition coefficient (Wildman–Crippen LogP) is 3.44. The van der Waals surface area contributed by atoms with Crippen LogP contribution in [0.2, 0.25) is 0 Å². The summed E-state index contributed by atoms with van der Waals surface area (Å²) in [5, 5.41) is 24.6. The molecule has 0 atom stereocenters. The van der Waals surface area contributed by atoms with Crippen LogP contribution in [-0.2, 0) is 0 Å². The summed E-state index contributed by atoms with van der Waals surface area (Å²) in [6, 6.07) is 7.29. The van der Waals surface area contributed by atoms with Crippen LogP contribution in [0.5, 0.6) is 0 Å². The summed E-state index contributed by atoms with van der Waals surface area (Å²) in [5.41, 5.74) is 0.428. The number of carbonyl (C=O) groups is 1. The molecule has 1 fully saturated rings.